The molecule has 0 saturated carbocycles. The van der Waals surface area contributed by atoms with E-state index in [0.29, 0.717) is 6.42 Å². The summed E-state index contributed by atoms with van der Waals surface area (Å²) in [6.07, 6.45) is 15.6. The number of allylic oxidation sites excluding steroid dienone is 6. The Kier molecular flexibility index (Phi) is 9.03. The molecule has 5 heteroatoms. The smallest absolute Gasteiger partial charge is 1.00 e. The van der Waals surface area contributed by atoms with E-state index in [9.17, 15) is 8.78 Å². The van der Waals surface area contributed by atoms with E-state index in [-0.39, 0.29) is 39.4 Å². The van der Waals surface area contributed by atoms with E-state index in [1.165, 1.54) is 32.6 Å². The van der Waals surface area contributed by atoms with Crippen LogP contribution in [0.25, 0.3) is 6.08 Å². The van der Waals surface area contributed by atoms with Crippen LogP contribution in [0.2, 0.25) is 3.12 Å². The van der Waals surface area contributed by atoms with Gasteiger partial charge in [0.05, 0.1) is 0 Å². The minimum atomic E-state index is -1.07. The normalized spacial score (nSPS) is 17.4. The third-order valence-corrected chi connectivity index (χ3v) is 10.1. The first-order chi connectivity index (χ1) is 13.6. The van der Waals surface area contributed by atoms with Gasteiger partial charge in [0, 0.05) is 0 Å². The molecule has 0 N–H and O–H groups in total. The van der Waals surface area contributed by atoms with Crippen molar-refractivity contribution in [3.8, 4) is 0 Å². The van der Waals surface area contributed by atoms with Gasteiger partial charge in [-0.05, 0) is 0 Å². The number of fused-ring (bicyclic) bond motifs is 1. The Morgan fingerprint density at radius 3 is 2.30 bits per heavy atom. The Morgan fingerprint density at radius 2 is 1.63 bits per heavy atom. The molecule has 4 rings (SSSR count). The van der Waals surface area contributed by atoms with Crippen LogP contribution in [0.3, 0.4) is 0 Å². The van der Waals surface area contributed by atoms with Crippen LogP contribution in [0, 0.1) is 11.6 Å². The van der Waals surface area contributed by atoms with Crippen LogP contribution in [0.1, 0.15) is 35.4 Å². The summed E-state index contributed by atoms with van der Waals surface area (Å²) in [5, 5.41) is 0. The van der Waals surface area contributed by atoms with Gasteiger partial charge < -0.3 is 24.8 Å². The van der Waals surface area contributed by atoms with Gasteiger partial charge in [-0.3, -0.25) is 0 Å². The third-order valence-electron chi connectivity index (χ3n) is 5.57. The second kappa shape index (κ2) is 10.8. The molecule has 0 bridgehead atoms. The molecule has 0 aliphatic heterocycles. The monoisotopic (exact) mass is 520 g/mol. The summed E-state index contributed by atoms with van der Waals surface area (Å²) in [6.45, 7) is 3.88. The predicted molar refractivity (Wildman–Crippen MR) is 108 cm³/mol. The van der Waals surface area contributed by atoms with Crippen molar-refractivity contribution in [1.29, 1.82) is 0 Å². The molecule has 0 aromatic heterocycles. The van der Waals surface area contributed by atoms with E-state index < -0.39 is 34.9 Å². The fourth-order valence-corrected chi connectivity index (χ4v) is 8.59. The number of benzene rings is 2. The molecule has 154 valence electrons. The van der Waals surface area contributed by atoms with Crippen molar-refractivity contribution >= 4 is 6.08 Å². The van der Waals surface area contributed by atoms with Crippen molar-refractivity contribution in [2.45, 2.75) is 28.3 Å². The average Bonchev–Trinajstić information content (AvgIpc) is 3.28. The quantitative estimate of drug-likeness (QED) is 0.476. The van der Waals surface area contributed by atoms with Crippen molar-refractivity contribution in [3.05, 3.63) is 111 Å². The molecule has 1 unspecified atom stereocenters. The van der Waals surface area contributed by atoms with Gasteiger partial charge in [0.15, 0.2) is 0 Å². The molecule has 0 spiro atoms. The minimum absolute atomic E-state index is 0. The van der Waals surface area contributed by atoms with E-state index in [1.807, 2.05) is 18.2 Å². The molecule has 2 aliphatic carbocycles. The zero-order valence-electron chi connectivity index (χ0n) is 16.4. The van der Waals surface area contributed by atoms with Gasteiger partial charge in [0.1, 0.15) is 0 Å². The minimum Gasteiger partial charge on any atom is -1.00 e. The predicted octanol–water partition coefficient (Wildman–Crippen LogP) is 0.987. The molecule has 0 radical (unpaired) electrons. The van der Waals surface area contributed by atoms with Crippen molar-refractivity contribution in [2.24, 2.45) is 0 Å². The maximum absolute atomic E-state index is 14.4. The SMILES string of the molecule is C=CCC[C]1([Zr+2][C]2=Cc3ccccc3C2Cc2c(F)cccc2F)C=CC=C1.[Cl-].[Cl-]. The molecule has 2 aliphatic rings. The van der Waals surface area contributed by atoms with E-state index in [1.54, 1.807) is 0 Å². The molecule has 2 aromatic carbocycles. The van der Waals surface area contributed by atoms with Crippen molar-refractivity contribution in [2.75, 3.05) is 0 Å². The fourth-order valence-electron chi connectivity index (χ4n) is 4.10. The summed E-state index contributed by atoms with van der Waals surface area (Å²) in [4.78, 5) is 0. The van der Waals surface area contributed by atoms with Crippen LogP contribution in [0.15, 0.2) is 82.7 Å². The van der Waals surface area contributed by atoms with Gasteiger partial charge >= 0.3 is 177 Å². The molecule has 0 heterocycles. The van der Waals surface area contributed by atoms with Gasteiger partial charge in [-0.1, -0.05) is 0 Å². The summed E-state index contributed by atoms with van der Waals surface area (Å²) in [5.74, 6) is -0.829. The van der Waals surface area contributed by atoms with E-state index >= 15 is 0 Å². The molecule has 2 aromatic rings. The molecule has 30 heavy (non-hydrogen) atoms. The molecular weight excluding hydrogens is 500 g/mol. The van der Waals surface area contributed by atoms with Gasteiger partial charge in [-0.15, -0.1) is 0 Å². The average molecular weight is 523 g/mol. The molecule has 0 saturated heterocycles. The summed E-state index contributed by atoms with van der Waals surface area (Å²) < 4.78 is 30.3. The van der Waals surface area contributed by atoms with Crippen molar-refractivity contribution < 1.29 is 56.8 Å². The fraction of sp³-hybridized carbons (Fsp3) is 0.200. The van der Waals surface area contributed by atoms with Crippen LogP contribution in [0.4, 0.5) is 8.78 Å². The van der Waals surface area contributed by atoms with Crippen molar-refractivity contribution in [3.63, 3.8) is 0 Å². The first-order valence-corrected chi connectivity index (χ1v) is 12.1. The van der Waals surface area contributed by atoms with Gasteiger partial charge in [-0.25, -0.2) is 0 Å². The van der Waals surface area contributed by atoms with Crippen LogP contribution in [-0.2, 0) is 29.7 Å². The van der Waals surface area contributed by atoms with E-state index in [0.717, 1.165) is 12.8 Å². The number of halogens is 4. The van der Waals surface area contributed by atoms with Crippen LogP contribution in [-0.4, -0.2) is 0 Å². The van der Waals surface area contributed by atoms with Crippen molar-refractivity contribution in [1.82, 2.24) is 0 Å². The maximum atomic E-state index is 14.4. The van der Waals surface area contributed by atoms with Gasteiger partial charge in [0.2, 0.25) is 0 Å². The molecule has 1 atom stereocenters. The van der Waals surface area contributed by atoms with Gasteiger partial charge in [-0.2, -0.15) is 0 Å². The first kappa shape index (κ1) is 25.0. The second-order valence-electron chi connectivity index (χ2n) is 7.40. The van der Waals surface area contributed by atoms with Crippen LogP contribution in [0.5, 0.6) is 0 Å². The molecular formula is C25H22Cl2F2Zr. The number of hydrogen-bond acceptors (Lipinski definition) is 0. The Bertz CT molecular complexity index is 962. The van der Waals surface area contributed by atoms with E-state index in [2.05, 4.69) is 49.1 Å². The summed E-state index contributed by atoms with van der Waals surface area (Å²) >= 11 is -1.07. The second-order valence-corrected chi connectivity index (χ2v) is 11.7. The Balaban J connectivity index is 0.00000160. The van der Waals surface area contributed by atoms with Crippen LogP contribution < -0.4 is 24.8 Å². The summed E-state index contributed by atoms with van der Waals surface area (Å²) in [7, 11) is 0. The molecule has 0 amide bonds. The third kappa shape index (κ3) is 5.13. The van der Waals surface area contributed by atoms with Crippen LogP contribution >= 0.6 is 0 Å². The largest absolute Gasteiger partial charge is 1.00 e. The first-order valence-electron chi connectivity index (χ1n) is 9.61. The molecule has 0 nitrogen and oxygen atoms in total. The molecule has 0 fully saturated rings. The van der Waals surface area contributed by atoms with Gasteiger partial charge in [0.25, 0.3) is 0 Å². The Morgan fingerprint density at radius 1 is 0.967 bits per heavy atom. The Hall–Kier alpha value is -1.28. The summed E-state index contributed by atoms with van der Waals surface area (Å²) in [6, 6.07) is 12.4. The standard InChI is InChI=1S/C16H11F2.C9H11.2ClH.Zr/c17-15-6-3-7-16(18)14(15)10-12-9-8-11-4-1-2-5-13(11)12;1-2-3-6-9-7-4-5-8-9;;;/h1-8,12H,10H2;2,4-5,7-8H,1,3,6H2;2*1H;/q;;;;+2/p-2. The van der Waals surface area contributed by atoms with E-state index in [4.69, 9.17) is 0 Å². The maximum Gasteiger partial charge on any atom is -1.00 e. The topological polar surface area (TPSA) is 0 Å². The number of rotatable bonds is 7. The Labute approximate surface area is 201 Å². The number of hydrogen-bond donors (Lipinski definition) is 0. The summed E-state index contributed by atoms with van der Waals surface area (Å²) in [5.41, 5.74) is 2.60. The zero-order valence-corrected chi connectivity index (χ0v) is 20.4. The zero-order chi connectivity index (χ0) is 19.6.